The molecule has 0 saturated carbocycles. The van der Waals surface area contributed by atoms with Crippen LogP contribution >= 0.6 is 0 Å². The van der Waals surface area contributed by atoms with Gasteiger partial charge in [-0.2, -0.15) is 0 Å². The smallest absolute Gasteiger partial charge is 0.0850 e. The summed E-state index contributed by atoms with van der Waals surface area (Å²) >= 11 is 0. The molecule has 0 spiro atoms. The van der Waals surface area contributed by atoms with Crippen LogP contribution in [0.3, 0.4) is 0 Å². The quantitative estimate of drug-likeness (QED) is 0.522. The largest absolute Gasteiger partial charge is 0.373 e. The molecule has 1 aromatic carbocycles. The van der Waals surface area contributed by atoms with Gasteiger partial charge in [-0.3, -0.25) is 0 Å². The highest BCUT2D eigenvalue weighted by Crippen LogP contribution is 2.15. The molecule has 1 unspecified atom stereocenters. The molecule has 69 valence electrons. The van der Waals surface area contributed by atoms with Crippen LogP contribution in [0.2, 0.25) is 13.1 Å². The van der Waals surface area contributed by atoms with Crippen molar-refractivity contribution in [2.75, 3.05) is 6.61 Å². The molecule has 2 heteroatoms. The van der Waals surface area contributed by atoms with Gasteiger partial charge in [0.05, 0.1) is 21.5 Å². The highest BCUT2D eigenvalue weighted by molar-refractivity contribution is 6.70. The number of hydrogen-bond acceptors (Lipinski definition) is 1. The van der Waals surface area contributed by atoms with E-state index in [1.807, 2.05) is 0 Å². The predicted octanol–water partition coefficient (Wildman–Crippen LogP) is 1.59. The van der Waals surface area contributed by atoms with Crippen molar-refractivity contribution >= 4 is 14.0 Å². The van der Waals surface area contributed by atoms with Gasteiger partial charge in [-0.15, -0.1) is 0 Å². The summed E-state index contributed by atoms with van der Waals surface area (Å²) < 4.78 is 5.22. The Morgan fingerprint density at radius 2 is 2.23 bits per heavy atom. The van der Waals surface area contributed by atoms with Gasteiger partial charge in [-0.25, -0.2) is 0 Å². The zero-order chi connectivity index (χ0) is 9.26. The number of epoxide rings is 1. The highest BCUT2D eigenvalue weighted by Gasteiger charge is 2.22. The summed E-state index contributed by atoms with van der Waals surface area (Å²) in [5.41, 5.74) is 1.44. The van der Waals surface area contributed by atoms with Gasteiger partial charge in [-0.05, 0) is 5.56 Å². The minimum atomic E-state index is -0.290. The summed E-state index contributed by atoms with van der Waals surface area (Å²) in [5, 5.41) is 1.53. The second kappa shape index (κ2) is 3.64. The molecule has 1 aliphatic rings. The second-order valence-corrected chi connectivity index (χ2v) is 6.44. The molecule has 0 aromatic heterocycles. The van der Waals surface area contributed by atoms with Crippen LogP contribution in [0.4, 0.5) is 0 Å². The van der Waals surface area contributed by atoms with E-state index in [0.29, 0.717) is 6.10 Å². The van der Waals surface area contributed by atoms with Crippen LogP contribution < -0.4 is 5.19 Å². The molecule has 1 atom stereocenters. The van der Waals surface area contributed by atoms with E-state index >= 15 is 0 Å². The van der Waals surface area contributed by atoms with Gasteiger partial charge in [0.1, 0.15) is 0 Å². The minimum absolute atomic E-state index is 0.290. The van der Waals surface area contributed by atoms with E-state index in [4.69, 9.17) is 4.74 Å². The molecule has 13 heavy (non-hydrogen) atoms. The maximum absolute atomic E-state index is 5.22. The lowest BCUT2D eigenvalue weighted by molar-refractivity contribution is 0.407. The number of benzene rings is 1. The maximum Gasteiger partial charge on any atom is 0.0850 e. The Bertz CT molecular complexity index is 292. The Morgan fingerprint density at radius 3 is 2.85 bits per heavy atom. The van der Waals surface area contributed by atoms with Crippen LogP contribution in [0.15, 0.2) is 24.3 Å². The first-order valence-corrected chi connectivity index (χ1v) is 7.27. The molecule has 1 radical (unpaired) electrons. The summed E-state index contributed by atoms with van der Waals surface area (Å²) in [4.78, 5) is 0. The van der Waals surface area contributed by atoms with Crippen LogP contribution in [0.25, 0.3) is 0 Å². The molecule has 1 fully saturated rings. The van der Waals surface area contributed by atoms with Crippen LogP contribution in [-0.2, 0) is 11.2 Å². The molecular weight excluding hydrogens is 176 g/mol. The summed E-state index contributed by atoms with van der Waals surface area (Å²) in [6.45, 7) is 5.62. The fourth-order valence-corrected chi connectivity index (χ4v) is 2.36. The van der Waals surface area contributed by atoms with Crippen LogP contribution in [0, 0.1) is 0 Å². The SMILES string of the molecule is C[Si](C)c1cccc(CC2CO2)c1. The van der Waals surface area contributed by atoms with E-state index < -0.39 is 0 Å². The molecule has 1 aromatic rings. The Kier molecular flexibility index (Phi) is 2.51. The third-order valence-electron chi connectivity index (χ3n) is 2.37. The molecule has 0 aliphatic carbocycles. The fraction of sp³-hybridized carbons (Fsp3) is 0.455. The lowest BCUT2D eigenvalue weighted by atomic mass is 10.1. The van der Waals surface area contributed by atoms with E-state index in [1.54, 1.807) is 0 Å². The highest BCUT2D eigenvalue weighted by atomic mass is 28.3. The monoisotopic (exact) mass is 191 g/mol. The molecule has 1 nitrogen and oxygen atoms in total. The number of hydrogen-bond donors (Lipinski definition) is 0. The first kappa shape index (κ1) is 8.97. The fourth-order valence-electron chi connectivity index (χ4n) is 1.46. The molecule has 0 amide bonds. The van der Waals surface area contributed by atoms with E-state index in [-0.39, 0.29) is 8.80 Å². The standard InChI is InChI=1S/C11H15OSi/c1-13(2)11-5-3-4-9(7-11)6-10-8-12-10/h3-5,7,10H,6,8H2,1-2H3. The lowest BCUT2D eigenvalue weighted by Crippen LogP contribution is -2.22. The van der Waals surface area contributed by atoms with Crippen molar-refractivity contribution in [3.05, 3.63) is 29.8 Å². The molecule has 1 heterocycles. The van der Waals surface area contributed by atoms with Crippen molar-refractivity contribution in [2.24, 2.45) is 0 Å². The lowest BCUT2D eigenvalue weighted by Gasteiger charge is -2.05. The zero-order valence-electron chi connectivity index (χ0n) is 8.21. The van der Waals surface area contributed by atoms with Gasteiger partial charge in [0.2, 0.25) is 0 Å². The summed E-state index contributed by atoms with van der Waals surface area (Å²) in [7, 11) is -0.290. The third kappa shape index (κ3) is 2.42. The number of rotatable bonds is 3. The molecule has 1 saturated heterocycles. The van der Waals surface area contributed by atoms with E-state index in [9.17, 15) is 0 Å². The molecule has 1 aliphatic heterocycles. The van der Waals surface area contributed by atoms with Crippen molar-refractivity contribution in [3.63, 3.8) is 0 Å². The average molecular weight is 191 g/mol. The van der Waals surface area contributed by atoms with Crippen LogP contribution in [0.1, 0.15) is 5.56 Å². The Hall–Kier alpha value is -0.603. The maximum atomic E-state index is 5.22. The Balaban J connectivity index is 2.11. The van der Waals surface area contributed by atoms with Gasteiger partial charge in [0, 0.05) is 6.42 Å². The van der Waals surface area contributed by atoms with Gasteiger partial charge in [0.15, 0.2) is 0 Å². The normalized spacial score (nSPS) is 20.7. The van der Waals surface area contributed by atoms with Crippen molar-refractivity contribution in [1.29, 1.82) is 0 Å². The summed E-state index contributed by atoms with van der Waals surface area (Å²) in [6, 6.07) is 8.96. The van der Waals surface area contributed by atoms with E-state index in [2.05, 4.69) is 37.4 Å². The zero-order valence-corrected chi connectivity index (χ0v) is 9.21. The van der Waals surface area contributed by atoms with Crippen molar-refractivity contribution < 1.29 is 4.74 Å². The first-order chi connectivity index (χ1) is 6.25. The molecular formula is C11H15OSi. The molecule has 2 rings (SSSR count). The summed E-state index contributed by atoms with van der Waals surface area (Å²) in [5.74, 6) is 0. The van der Waals surface area contributed by atoms with Crippen molar-refractivity contribution in [2.45, 2.75) is 25.6 Å². The third-order valence-corrected chi connectivity index (χ3v) is 3.84. The van der Waals surface area contributed by atoms with E-state index in [1.165, 1.54) is 10.8 Å². The molecule has 0 bridgehead atoms. The van der Waals surface area contributed by atoms with Crippen molar-refractivity contribution in [1.82, 2.24) is 0 Å². The first-order valence-electron chi connectivity index (χ1n) is 4.77. The number of ether oxygens (including phenoxy) is 1. The van der Waals surface area contributed by atoms with E-state index in [0.717, 1.165) is 13.0 Å². The average Bonchev–Trinajstić information content (AvgIpc) is 2.89. The predicted molar refractivity (Wildman–Crippen MR) is 57.0 cm³/mol. The molecule has 0 N–H and O–H groups in total. The minimum Gasteiger partial charge on any atom is -0.373 e. The van der Waals surface area contributed by atoms with Crippen LogP contribution in [0.5, 0.6) is 0 Å². The van der Waals surface area contributed by atoms with Crippen molar-refractivity contribution in [3.8, 4) is 0 Å². The second-order valence-electron chi connectivity index (χ2n) is 3.86. The summed E-state index contributed by atoms with van der Waals surface area (Å²) in [6.07, 6.45) is 1.61. The van der Waals surface area contributed by atoms with Gasteiger partial charge in [0.25, 0.3) is 0 Å². The Labute approximate surface area is 81.3 Å². The van der Waals surface area contributed by atoms with Gasteiger partial charge >= 0.3 is 0 Å². The topological polar surface area (TPSA) is 12.5 Å². The van der Waals surface area contributed by atoms with Crippen LogP contribution in [-0.4, -0.2) is 21.5 Å². The van der Waals surface area contributed by atoms with Gasteiger partial charge < -0.3 is 4.74 Å². The van der Waals surface area contributed by atoms with Gasteiger partial charge in [-0.1, -0.05) is 42.5 Å². The Morgan fingerprint density at radius 1 is 1.46 bits per heavy atom.